The average molecular weight is 185 g/mol. The van der Waals surface area contributed by atoms with Gasteiger partial charge in [0.15, 0.2) is 5.76 Å². The normalized spacial score (nSPS) is 9.92. The molecule has 1 N–H and O–H groups in total. The number of ether oxygens (including phenoxy) is 1. The van der Waals surface area contributed by atoms with Crippen LogP contribution in [0.1, 0.15) is 10.6 Å². The van der Waals surface area contributed by atoms with Gasteiger partial charge in [-0.25, -0.2) is 5.48 Å². The van der Waals surface area contributed by atoms with Crippen LogP contribution in [0, 0.1) is 0 Å². The van der Waals surface area contributed by atoms with Gasteiger partial charge in [-0.15, -0.1) is 0 Å². The summed E-state index contributed by atoms with van der Waals surface area (Å²) in [5.41, 5.74) is 2.21. The summed E-state index contributed by atoms with van der Waals surface area (Å²) in [4.78, 5) is 15.9. The van der Waals surface area contributed by atoms with Crippen LogP contribution in [0.15, 0.2) is 22.8 Å². The second-order valence-corrected chi connectivity index (χ2v) is 2.25. The molecule has 13 heavy (non-hydrogen) atoms. The highest BCUT2D eigenvalue weighted by Crippen LogP contribution is 1.98. The van der Waals surface area contributed by atoms with E-state index in [1.807, 2.05) is 0 Å². The molecule has 0 saturated heterocycles. The maximum atomic E-state index is 11.1. The molecule has 0 fully saturated rings. The van der Waals surface area contributed by atoms with Crippen molar-refractivity contribution < 1.29 is 18.8 Å². The molecular formula is C8H11NO4. The molecule has 0 radical (unpaired) electrons. The topological polar surface area (TPSA) is 60.7 Å². The zero-order valence-electron chi connectivity index (χ0n) is 7.28. The zero-order chi connectivity index (χ0) is 9.52. The molecule has 0 aliphatic rings. The minimum absolute atomic E-state index is 0.220. The van der Waals surface area contributed by atoms with Crippen molar-refractivity contribution >= 4 is 5.91 Å². The number of amides is 1. The first-order chi connectivity index (χ1) is 6.34. The molecule has 0 unspecified atom stereocenters. The maximum Gasteiger partial charge on any atom is 0.310 e. The van der Waals surface area contributed by atoms with Crippen LogP contribution >= 0.6 is 0 Å². The molecule has 0 spiro atoms. The number of hydroxylamine groups is 1. The summed E-state index contributed by atoms with van der Waals surface area (Å²) in [6, 6.07) is 3.18. The molecule has 5 nitrogen and oxygen atoms in total. The molecule has 1 heterocycles. The van der Waals surface area contributed by atoms with Crippen molar-refractivity contribution in [3.05, 3.63) is 24.2 Å². The Morgan fingerprint density at radius 3 is 3.08 bits per heavy atom. The largest absolute Gasteiger partial charge is 0.459 e. The van der Waals surface area contributed by atoms with Gasteiger partial charge in [0.2, 0.25) is 0 Å². The standard InChI is InChI=1S/C8H11NO4/c1-11-5-6-13-9-8(10)7-3-2-4-12-7/h2-4H,5-6H2,1H3,(H,9,10). The van der Waals surface area contributed by atoms with Crippen LogP contribution < -0.4 is 5.48 Å². The summed E-state index contributed by atoms with van der Waals surface area (Å²) < 4.78 is 9.54. The van der Waals surface area contributed by atoms with Gasteiger partial charge in [-0.3, -0.25) is 9.63 Å². The van der Waals surface area contributed by atoms with E-state index in [9.17, 15) is 4.79 Å². The van der Waals surface area contributed by atoms with E-state index in [0.29, 0.717) is 13.2 Å². The summed E-state index contributed by atoms with van der Waals surface area (Å²) in [5.74, 6) is -0.182. The first-order valence-electron chi connectivity index (χ1n) is 3.79. The lowest BCUT2D eigenvalue weighted by molar-refractivity contribution is 0.00732. The Balaban J connectivity index is 2.19. The van der Waals surface area contributed by atoms with Crippen LogP contribution in [-0.4, -0.2) is 26.2 Å². The predicted octanol–water partition coefficient (Wildman–Crippen LogP) is 0.587. The molecule has 1 aromatic heterocycles. The Bertz CT molecular complexity index is 245. The summed E-state index contributed by atoms with van der Waals surface area (Å²) in [6.45, 7) is 0.737. The third-order valence-corrected chi connectivity index (χ3v) is 1.30. The number of furan rings is 1. The van der Waals surface area contributed by atoms with Crippen molar-refractivity contribution in [2.45, 2.75) is 0 Å². The second kappa shape index (κ2) is 5.34. The monoisotopic (exact) mass is 185 g/mol. The van der Waals surface area contributed by atoms with E-state index in [1.54, 1.807) is 19.2 Å². The molecule has 1 amide bonds. The van der Waals surface area contributed by atoms with Crippen molar-refractivity contribution in [2.75, 3.05) is 20.3 Å². The van der Waals surface area contributed by atoms with E-state index in [2.05, 4.69) is 5.48 Å². The highest BCUT2D eigenvalue weighted by molar-refractivity contribution is 5.90. The number of hydrogen-bond acceptors (Lipinski definition) is 4. The first kappa shape index (κ1) is 9.76. The second-order valence-electron chi connectivity index (χ2n) is 2.25. The van der Waals surface area contributed by atoms with Crippen molar-refractivity contribution in [2.24, 2.45) is 0 Å². The third-order valence-electron chi connectivity index (χ3n) is 1.30. The molecule has 0 saturated carbocycles. The van der Waals surface area contributed by atoms with E-state index in [0.717, 1.165) is 0 Å². The number of rotatable bonds is 5. The van der Waals surface area contributed by atoms with Crippen LogP contribution in [0.2, 0.25) is 0 Å². The lowest BCUT2D eigenvalue weighted by atomic mass is 10.4. The van der Waals surface area contributed by atoms with E-state index in [1.165, 1.54) is 6.26 Å². The van der Waals surface area contributed by atoms with Gasteiger partial charge in [-0.2, -0.15) is 0 Å². The smallest absolute Gasteiger partial charge is 0.310 e. The summed E-state index contributed by atoms with van der Waals surface area (Å²) in [7, 11) is 1.55. The van der Waals surface area contributed by atoms with Gasteiger partial charge < -0.3 is 9.15 Å². The van der Waals surface area contributed by atoms with Gasteiger partial charge >= 0.3 is 5.91 Å². The van der Waals surface area contributed by atoms with Gasteiger partial charge in [-0.1, -0.05) is 0 Å². The quantitative estimate of drug-likeness (QED) is 0.538. The van der Waals surface area contributed by atoms with Crippen LogP contribution in [0.25, 0.3) is 0 Å². The fourth-order valence-electron chi connectivity index (χ4n) is 0.700. The predicted molar refractivity (Wildman–Crippen MR) is 44.0 cm³/mol. The van der Waals surface area contributed by atoms with E-state index >= 15 is 0 Å². The number of carbonyl (C=O) groups excluding carboxylic acids is 1. The summed E-state index contributed by atoms with van der Waals surface area (Å²) in [6.07, 6.45) is 1.42. The van der Waals surface area contributed by atoms with Crippen LogP contribution in [-0.2, 0) is 9.57 Å². The molecular weight excluding hydrogens is 174 g/mol. The van der Waals surface area contributed by atoms with Gasteiger partial charge in [0.05, 0.1) is 19.5 Å². The zero-order valence-corrected chi connectivity index (χ0v) is 7.28. The van der Waals surface area contributed by atoms with Gasteiger partial charge in [-0.05, 0) is 12.1 Å². The molecule has 0 aromatic carbocycles. The number of carbonyl (C=O) groups is 1. The molecule has 1 rings (SSSR count). The molecule has 0 aliphatic carbocycles. The van der Waals surface area contributed by atoms with Crippen molar-refractivity contribution in [1.29, 1.82) is 0 Å². The summed E-state index contributed by atoms with van der Waals surface area (Å²) >= 11 is 0. The molecule has 0 bridgehead atoms. The van der Waals surface area contributed by atoms with Gasteiger partial charge in [0.1, 0.15) is 0 Å². The molecule has 5 heteroatoms. The lowest BCUT2D eigenvalue weighted by Gasteiger charge is -2.02. The highest BCUT2D eigenvalue weighted by atomic mass is 16.7. The van der Waals surface area contributed by atoms with Crippen molar-refractivity contribution in [1.82, 2.24) is 5.48 Å². The van der Waals surface area contributed by atoms with Crippen LogP contribution in [0.5, 0.6) is 0 Å². The Hall–Kier alpha value is -1.33. The molecule has 72 valence electrons. The van der Waals surface area contributed by atoms with Crippen LogP contribution in [0.3, 0.4) is 0 Å². The Labute approximate surface area is 75.6 Å². The number of hydrogen-bond donors (Lipinski definition) is 1. The van der Waals surface area contributed by atoms with Crippen LogP contribution in [0.4, 0.5) is 0 Å². The van der Waals surface area contributed by atoms with E-state index in [-0.39, 0.29) is 5.76 Å². The van der Waals surface area contributed by atoms with Gasteiger partial charge in [0, 0.05) is 7.11 Å². The SMILES string of the molecule is COCCONC(=O)c1ccco1. The number of nitrogens with one attached hydrogen (secondary N) is 1. The first-order valence-corrected chi connectivity index (χ1v) is 3.79. The highest BCUT2D eigenvalue weighted by Gasteiger charge is 2.06. The summed E-state index contributed by atoms with van der Waals surface area (Å²) in [5, 5.41) is 0. The minimum Gasteiger partial charge on any atom is -0.459 e. The van der Waals surface area contributed by atoms with E-state index in [4.69, 9.17) is 14.0 Å². The third kappa shape index (κ3) is 3.27. The lowest BCUT2D eigenvalue weighted by Crippen LogP contribution is -2.24. The Morgan fingerprint density at radius 1 is 1.62 bits per heavy atom. The Kier molecular flexibility index (Phi) is 4.01. The maximum absolute atomic E-state index is 11.1. The Morgan fingerprint density at radius 2 is 2.46 bits per heavy atom. The molecule has 0 aliphatic heterocycles. The van der Waals surface area contributed by atoms with E-state index < -0.39 is 5.91 Å². The average Bonchev–Trinajstić information content (AvgIpc) is 2.65. The molecule has 0 atom stereocenters. The molecule has 1 aromatic rings. The van der Waals surface area contributed by atoms with Gasteiger partial charge in [0.25, 0.3) is 0 Å². The fourth-order valence-corrected chi connectivity index (χ4v) is 0.700. The minimum atomic E-state index is -0.402. The van der Waals surface area contributed by atoms with Crippen molar-refractivity contribution in [3.8, 4) is 0 Å². The van der Waals surface area contributed by atoms with Crippen molar-refractivity contribution in [3.63, 3.8) is 0 Å². The fraction of sp³-hybridized carbons (Fsp3) is 0.375. The number of methoxy groups -OCH3 is 1.